The Balaban J connectivity index is 2.55. The van der Waals surface area contributed by atoms with Crippen molar-refractivity contribution >= 4 is 10.2 Å². The smallest absolute Gasteiger partial charge is 0.281 e. The lowest BCUT2D eigenvalue weighted by molar-refractivity contribution is 0.175. The topological polar surface area (TPSA) is 60.9 Å². The molecule has 1 atom stereocenters. The molecule has 0 aromatic rings. The van der Waals surface area contributed by atoms with Gasteiger partial charge in [-0.2, -0.15) is 17.0 Å². The fraction of sp³-hybridized carbons (Fsp3) is 1.00. The quantitative estimate of drug-likeness (QED) is 0.794. The molecule has 1 saturated heterocycles. The van der Waals surface area contributed by atoms with E-state index in [1.807, 2.05) is 0 Å². The summed E-state index contributed by atoms with van der Waals surface area (Å²) in [6, 6.07) is 0. The number of nitrogens with zero attached hydrogens (tertiary/aromatic N) is 2. The standard InChI is InChI=1S/C11H24N2O3S/c1-10-4-8-13(9-5-10)17(15,16)12(3)7-6-11(2)14/h10-11,14H,4-9H2,1-3H3. The highest BCUT2D eigenvalue weighted by Crippen LogP contribution is 2.20. The SMILES string of the molecule is CC(O)CCN(C)S(=O)(=O)N1CCC(C)CC1. The summed E-state index contributed by atoms with van der Waals surface area (Å²) in [5, 5.41) is 9.18. The maximum atomic E-state index is 12.2. The zero-order valence-corrected chi connectivity index (χ0v) is 11.8. The minimum absolute atomic E-state index is 0.367. The van der Waals surface area contributed by atoms with E-state index in [1.54, 1.807) is 18.3 Å². The molecule has 5 nitrogen and oxygen atoms in total. The molecule has 0 aliphatic carbocycles. The Morgan fingerprint density at radius 2 is 1.94 bits per heavy atom. The van der Waals surface area contributed by atoms with Crippen LogP contribution < -0.4 is 0 Å². The number of rotatable bonds is 5. The molecule has 1 N–H and O–H groups in total. The molecular formula is C11H24N2O3S. The van der Waals surface area contributed by atoms with Crippen LogP contribution in [0.2, 0.25) is 0 Å². The fourth-order valence-electron chi connectivity index (χ4n) is 1.90. The molecule has 0 radical (unpaired) electrons. The molecule has 1 unspecified atom stereocenters. The van der Waals surface area contributed by atoms with Crippen molar-refractivity contribution in [2.45, 2.75) is 39.2 Å². The van der Waals surface area contributed by atoms with Gasteiger partial charge < -0.3 is 5.11 Å². The zero-order chi connectivity index (χ0) is 13.1. The largest absolute Gasteiger partial charge is 0.393 e. The molecule has 1 rings (SSSR count). The lowest BCUT2D eigenvalue weighted by Crippen LogP contribution is -2.46. The first-order chi connectivity index (χ1) is 7.84. The summed E-state index contributed by atoms with van der Waals surface area (Å²) in [7, 11) is -1.75. The van der Waals surface area contributed by atoms with Gasteiger partial charge in [-0.15, -0.1) is 0 Å². The average Bonchev–Trinajstić information content (AvgIpc) is 2.26. The summed E-state index contributed by atoms with van der Waals surface area (Å²) in [5.41, 5.74) is 0. The average molecular weight is 264 g/mol. The van der Waals surface area contributed by atoms with E-state index in [2.05, 4.69) is 6.92 Å². The highest BCUT2D eigenvalue weighted by molar-refractivity contribution is 7.86. The molecule has 0 spiro atoms. The summed E-state index contributed by atoms with van der Waals surface area (Å²) < 4.78 is 27.2. The van der Waals surface area contributed by atoms with E-state index in [9.17, 15) is 13.5 Å². The second-order valence-electron chi connectivity index (χ2n) is 5.05. The molecule has 6 heteroatoms. The highest BCUT2D eigenvalue weighted by atomic mass is 32.2. The predicted octanol–water partition coefficient (Wildman–Crippen LogP) is 0.666. The Morgan fingerprint density at radius 1 is 1.41 bits per heavy atom. The number of hydrogen-bond acceptors (Lipinski definition) is 3. The van der Waals surface area contributed by atoms with E-state index in [4.69, 9.17) is 0 Å². The second-order valence-corrected chi connectivity index (χ2v) is 7.08. The van der Waals surface area contributed by atoms with Crippen LogP contribution in [0.1, 0.15) is 33.1 Å². The van der Waals surface area contributed by atoms with Gasteiger partial charge in [0.2, 0.25) is 0 Å². The minimum atomic E-state index is -3.33. The van der Waals surface area contributed by atoms with E-state index < -0.39 is 16.3 Å². The van der Waals surface area contributed by atoms with Crippen molar-refractivity contribution in [2.75, 3.05) is 26.7 Å². The van der Waals surface area contributed by atoms with Crippen LogP contribution >= 0.6 is 0 Å². The van der Waals surface area contributed by atoms with E-state index >= 15 is 0 Å². The molecule has 0 aromatic carbocycles. The van der Waals surface area contributed by atoms with Gasteiger partial charge in [0.05, 0.1) is 6.10 Å². The summed E-state index contributed by atoms with van der Waals surface area (Å²) in [6.07, 6.45) is 1.88. The first-order valence-electron chi connectivity index (χ1n) is 6.23. The second kappa shape index (κ2) is 6.13. The predicted molar refractivity (Wildman–Crippen MR) is 67.8 cm³/mol. The van der Waals surface area contributed by atoms with Crippen LogP contribution in [0.25, 0.3) is 0 Å². The normalized spacial score (nSPS) is 21.9. The van der Waals surface area contributed by atoms with Crippen LogP contribution in [-0.2, 0) is 10.2 Å². The molecule has 1 heterocycles. The van der Waals surface area contributed by atoms with Crippen molar-refractivity contribution in [3.8, 4) is 0 Å². The van der Waals surface area contributed by atoms with E-state index in [0.717, 1.165) is 12.8 Å². The summed E-state index contributed by atoms with van der Waals surface area (Å²) >= 11 is 0. The van der Waals surface area contributed by atoms with Crippen molar-refractivity contribution in [3.63, 3.8) is 0 Å². The van der Waals surface area contributed by atoms with Gasteiger partial charge in [-0.3, -0.25) is 0 Å². The third kappa shape index (κ3) is 4.21. The highest BCUT2D eigenvalue weighted by Gasteiger charge is 2.29. The summed E-state index contributed by atoms with van der Waals surface area (Å²) in [6.45, 7) is 5.42. The van der Waals surface area contributed by atoms with Crippen LogP contribution in [0.15, 0.2) is 0 Å². The maximum Gasteiger partial charge on any atom is 0.281 e. The first kappa shape index (κ1) is 14.9. The van der Waals surface area contributed by atoms with Gasteiger partial charge in [-0.05, 0) is 32.1 Å². The molecule has 1 aliphatic heterocycles. The molecular weight excluding hydrogens is 240 g/mol. The number of aliphatic hydroxyl groups is 1. The molecule has 1 aliphatic rings. The van der Waals surface area contributed by atoms with Crippen LogP contribution in [-0.4, -0.2) is 54.9 Å². The van der Waals surface area contributed by atoms with Crippen molar-refractivity contribution in [1.82, 2.24) is 8.61 Å². The van der Waals surface area contributed by atoms with Gasteiger partial charge >= 0.3 is 0 Å². The molecule has 1 fully saturated rings. The molecule has 0 aromatic heterocycles. The van der Waals surface area contributed by atoms with Crippen molar-refractivity contribution in [1.29, 1.82) is 0 Å². The number of hydrogen-bond donors (Lipinski definition) is 1. The Hall–Kier alpha value is -0.170. The van der Waals surface area contributed by atoms with Gasteiger partial charge in [0, 0.05) is 26.7 Å². The van der Waals surface area contributed by atoms with Crippen molar-refractivity contribution in [3.05, 3.63) is 0 Å². The van der Waals surface area contributed by atoms with Crippen LogP contribution in [0.3, 0.4) is 0 Å². The third-order valence-corrected chi connectivity index (χ3v) is 5.31. The third-order valence-electron chi connectivity index (χ3n) is 3.32. The summed E-state index contributed by atoms with van der Waals surface area (Å²) in [4.78, 5) is 0. The van der Waals surface area contributed by atoms with E-state index in [-0.39, 0.29) is 0 Å². The Kier molecular flexibility index (Phi) is 5.37. The maximum absolute atomic E-state index is 12.2. The molecule has 102 valence electrons. The molecule has 17 heavy (non-hydrogen) atoms. The molecule has 0 amide bonds. The van der Waals surface area contributed by atoms with Gasteiger partial charge in [-0.25, -0.2) is 0 Å². The lowest BCUT2D eigenvalue weighted by Gasteiger charge is -2.32. The van der Waals surface area contributed by atoms with Gasteiger partial charge in [-0.1, -0.05) is 6.92 Å². The Labute approximate surface area is 105 Å². The fourth-order valence-corrected chi connectivity index (χ4v) is 3.30. The van der Waals surface area contributed by atoms with Crippen molar-refractivity contribution < 1.29 is 13.5 Å². The Morgan fingerprint density at radius 3 is 2.41 bits per heavy atom. The minimum Gasteiger partial charge on any atom is -0.393 e. The van der Waals surface area contributed by atoms with Crippen LogP contribution in [0.4, 0.5) is 0 Å². The van der Waals surface area contributed by atoms with Crippen LogP contribution in [0, 0.1) is 5.92 Å². The van der Waals surface area contributed by atoms with E-state index in [1.165, 1.54) is 4.31 Å². The number of piperidine rings is 1. The monoisotopic (exact) mass is 264 g/mol. The first-order valence-corrected chi connectivity index (χ1v) is 7.63. The summed E-state index contributed by atoms with van der Waals surface area (Å²) in [5.74, 6) is 0.615. The van der Waals surface area contributed by atoms with Crippen molar-refractivity contribution in [2.24, 2.45) is 5.92 Å². The van der Waals surface area contributed by atoms with Gasteiger partial charge in [0.1, 0.15) is 0 Å². The molecule has 0 saturated carbocycles. The van der Waals surface area contributed by atoms with Crippen LogP contribution in [0.5, 0.6) is 0 Å². The Bertz CT molecular complexity index is 322. The molecule has 0 bridgehead atoms. The number of aliphatic hydroxyl groups excluding tert-OH is 1. The van der Waals surface area contributed by atoms with Gasteiger partial charge in [0.15, 0.2) is 0 Å². The van der Waals surface area contributed by atoms with Gasteiger partial charge in [0.25, 0.3) is 10.2 Å². The van der Waals surface area contributed by atoms with E-state index in [0.29, 0.717) is 32.0 Å². The zero-order valence-electron chi connectivity index (χ0n) is 11.0. The lowest BCUT2D eigenvalue weighted by atomic mass is 10.0.